The molecule has 0 radical (unpaired) electrons. The minimum Gasteiger partial charge on any atom is -0.352 e. The third-order valence-electron chi connectivity index (χ3n) is 3.60. The number of hydrogen-bond donors (Lipinski definition) is 1. The first-order chi connectivity index (χ1) is 9.16. The molecule has 1 N–H and O–H groups in total. The summed E-state index contributed by atoms with van der Waals surface area (Å²) >= 11 is 9.20. The van der Waals surface area contributed by atoms with Crippen molar-refractivity contribution in [3.63, 3.8) is 0 Å². The second kappa shape index (κ2) is 7.25. The van der Waals surface area contributed by atoms with Gasteiger partial charge in [0.05, 0.1) is 5.56 Å². The summed E-state index contributed by atoms with van der Waals surface area (Å²) < 4.78 is 0.757. The van der Waals surface area contributed by atoms with Crippen molar-refractivity contribution in [1.29, 1.82) is 0 Å². The molecule has 1 aromatic rings. The Morgan fingerprint density at radius 2 is 2.21 bits per heavy atom. The molecular weight excluding hydrogens is 328 g/mol. The summed E-state index contributed by atoms with van der Waals surface area (Å²) in [5.74, 6) is 0.721. The standard InChI is InChI=1S/C14H18BrClN2O/c15-11-8-12(13(16)18-9-11)14(19)17-7-3-6-10-4-1-2-5-10/h8-10H,1-7H2,(H,17,19). The molecule has 1 heterocycles. The summed E-state index contributed by atoms with van der Waals surface area (Å²) in [6, 6.07) is 1.70. The zero-order chi connectivity index (χ0) is 13.7. The summed E-state index contributed by atoms with van der Waals surface area (Å²) in [7, 11) is 0. The van der Waals surface area contributed by atoms with E-state index in [1.807, 2.05) is 0 Å². The van der Waals surface area contributed by atoms with Crippen molar-refractivity contribution in [1.82, 2.24) is 10.3 Å². The number of aromatic nitrogens is 1. The fourth-order valence-corrected chi connectivity index (χ4v) is 3.09. The highest BCUT2D eigenvalue weighted by Gasteiger charge is 2.15. The maximum absolute atomic E-state index is 12.0. The molecule has 0 spiro atoms. The van der Waals surface area contributed by atoms with Crippen LogP contribution in [0.2, 0.25) is 5.15 Å². The number of nitrogens with zero attached hydrogens (tertiary/aromatic N) is 1. The van der Waals surface area contributed by atoms with E-state index in [4.69, 9.17) is 11.6 Å². The van der Waals surface area contributed by atoms with Gasteiger partial charge < -0.3 is 5.32 Å². The molecule has 104 valence electrons. The van der Waals surface area contributed by atoms with E-state index in [0.717, 1.165) is 16.8 Å². The SMILES string of the molecule is O=C(NCCCC1CCCC1)c1cc(Br)cnc1Cl. The monoisotopic (exact) mass is 344 g/mol. The number of carbonyl (C=O) groups excluding carboxylic acids is 1. The van der Waals surface area contributed by atoms with E-state index in [-0.39, 0.29) is 11.1 Å². The van der Waals surface area contributed by atoms with Gasteiger partial charge in [-0.05, 0) is 40.8 Å². The molecule has 1 aliphatic rings. The summed E-state index contributed by atoms with van der Waals surface area (Å²) in [6.45, 7) is 0.707. The number of hydrogen-bond acceptors (Lipinski definition) is 2. The predicted octanol–water partition coefficient (Wildman–Crippen LogP) is 4.20. The molecule has 0 aliphatic heterocycles. The topological polar surface area (TPSA) is 42.0 Å². The Kier molecular flexibility index (Phi) is 5.64. The second-order valence-electron chi connectivity index (χ2n) is 5.04. The van der Waals surface area contributed by atoms with Crippen LogP contribution in [-0.2, 0) is 0 Å². The van der Waals surface area contributed by atoms with Crippen molar-refractivity contribution < 1.29 is 4.79 Å². The van der Waals surface area contributed by atoms with Gasteiger partial charge in [-0.3, -0.25) is 4.79 Å². The lowest BCUT2D eigenvalue weighted by molar-refractivity contribution is 0.0952. The van der Waals surface area contributed by atoms with Crippen LogP contribution >= 0.6 is 27.5 Å². The predicted molar refractivity (Wildman–Crippen MR) is 80.5 cm³/mol. The first-order valence-corrected chi connectivity index (χ1v) is 7.93. The highest BCUT2D eigenvalue weighted by atomic mass is 79.9. The van der Waals surface area contributed by atoms with Gasteiger partial charge in [0.2, 0.25) is 0 Å². The summed E-state index contributed by atoms with van der Waals surface area (Å²) in [5.41, 5.74) is 0.428. The van der Waals surface area contributed by atoms with Crippen molar-refractivity contribution >= 4 is 33.4 Å². The molecule has 3 nitrogen and oxygen atoms in total. The van der Waals surface area contributed by atoms with Gasteiger partial charge >= 0.3 is 0 Å². The second-order valence-corrected chi connectivity index (χ2v) is 6.31. The molecule has 1 saturated carbocycles. The fraction of sp³-hybridized carbons (Fsp3) is 0.571. The summed E-state index contributed by atoms with van der Waals surface area (Å²) in [5, 5.41) is 3.15. The molecule has 0 saturated heterocycles. The molecule has 1 fully saturated rings. The fourth-order valence-electron chi connectivity index (χ4n) is 2.57. The third-order valence-corrected chi connectivity index (χ3v) is 4.33. The van der Waals surface area contributed by atoms with Crippen LogP contribution in [0.4, 0.5) is 0 Å². The molecule has 1 aliphatic carbocycles. The Morgan fingerprint density at radius 3 is 2.95 bits per heavy atom. The van der Waals surface area contributed by atoms with Crippen LogP contribution in [0.15, 0.2) is 16.7 Å². The molecule has 1 amide bonds. The quantitative estimate of drug-likeness (QED) is 0.642. The molecule has 19 heavy (non-hydrogen) atoms. The van der Waals surface area contributed by atoms with Crippen LogP contribution < -0.4 is 5.32 Å². The maximum atomic E-state index is 12.0. The van der Waals surface area contributed by atoms with Crippen LogP contribution in [-0.4, -0.2) is 17.4 Å². The molecule has 1 aromatic heterocycles. The third kappa shape index (κ3) is 4.46. The maximum Gasteiger partial charge on any atom is 0.254 e. The minimum absolute atomic E-state index is 0.148. The zero-order valence-corrected chi connectivity index (χ0v) is 13.1. The largest absolute Gasteiger partial charge is 0.352 e. The Labute approximate surface area is 127 Å². The first kappa shape index (κ1) is 14.8. The van der Waals surface area contributed by atoms with E-state index < -0.39 is 0 Å². The van der Waals surface area contributed by atoms with Crippen LogP contribution in [0.1, 0.15) is 48.9 Å². The highest BCUT2D eigenvalue weighted by Crippen LogP contribution is 2.28. The first-order valence-electron chi connectivity index (χ1n) is 6.76. The Morgan fingerprint density at radius 1 is 1.47 bits per heavy atom. The molecular formula is C14H18BrClN2O. The van der Waals surface area contributed by atoms with Gasteiger partial charge in [0.1, 0.15) is 5.15 Å². The van der Waals surface area contributed by atoms with Crippen molar-refractivity contribution in [2.75, 3.05) is 6.54 Å². The number of carbonyl (C=O) groups is 1. The van der Waals surface area contributed by atoms with Crippen molar-refractivity contribution in [2.45, 2.75) is 38.5 Å². The molecule has 0 bridgehead atoms. The highest BCUT2D eigenvalue weighted by molar-refractivity contribution is 9.10. The lowest BCUT2D eigenvalue weighted by atomic mass is 10.0. The van der Waals surface area contributed by atoms with Crippen molar-refractivity contribution in [3.05, 3.63) is 27.5 Å². The van der Waals surface area contributed by atoms with E-state index >= 15 is 0 Å². The van der Waals surface area contributed by atoms with Gasteiger partial charge in [-0.25, -0.2) is 4.98 Å². The van der Waals surface area contributed by atoms with Gasteiger partial charge in [-0.2, -0.15) is 0 Å². The van der Waals surface area contributed by atoms with E-state index in [0.29, 0.717) is 12.1 Å². The number of amides is 1. The normalized spacial score (nSPS) is 15.7. The molecule has 0 aromatic carbocycles. The molecule has 5 heteroatoms. The average Bonchev–Trinajstić information content (AvgIpc) is 2.90. The Hall–Kier alpha value is -0.610. The number of nitrogens with one attached hydrogen (secondary N) is 1. The lowest BCUT2D eigenvalue weighted by Gasteiger charge is -2.10. The van der Waals surface area contributed by atoms with Crippen molar-refractivity contribution in [3.8, 4) is 0 Å². The van der Waals surface area contributed by atoms with Gasteiger partial charge in [0, 0.05) is 17.2 Å². The van der Waals surface area contributed by atoms with E-state index in [1.165, 1.54) is 32.1 Å². The van der Waals surface area contributed by atoms with E-state index in [2.05, 4.69) is 26.2 Å². The van der Waals surface area contributed by atoms with Gasteiger partial charge in [-0.15, -0.1) is 0 Å². The zero-order valence-electron chi connectivity index (χ0n) is 10.8. The minimum atomic E-state index is -0.148. The number of pyridine rings is 1. The van der Waals surface area contributed by atoms with Crippen LogP contribution in [0.25, 0.3) is 0 Å². The van der Waals surface area contributed by atoms with Gasteiger partial charge in [0.15, 0.2) is 0 Å². The smallest absolute Gasteiger partial charge is 0.254 e. The number of halogens is 2. The summed E-state index contributed by atoms with van der Waals surface area (Å²) in [6.07, 6.45) is 9.29. The molecule has 0 unspecified atom stereocenters. The molecule has 0 atom stereocenters. The van der Waals surface area contributed by atoms with Gasteiger partial charge in [0.25, 0.3) is 5.91 Å². The number of rotatable bonds is 5. The summed E-state index contributed by atoms with van der Waals surface area (Å²) in [4.78, 5) is 15.9. The molecule has 2 rings (SSSR count). The average molecular weight is 346 g/mol. The van der Waals surface area contributed by atoms with Gasteiger partial charge in [-0.1, -0.05) is 37.3 Å². The van der Waals surface area contributed by atoms with E-state index in [9.17, 15) is 4.79 Å². The van der Waals surface area contributed by atoms with Crippen LogP contribution in [0.5, 0.6) is 0 Å². The van der Waals surface area contributed by atoms with Crippen LogP contribution in [0.3, 0.4) is 0 Å². The van der Waals surface area contributed by atoms with Crippen molar-refractivity contribution in [2.24, 2.45) is 5.92 Å². The Balaban J connectivity index is 1.75. The van der Waals surface area contributed by atoms with E-state index in [1.54, 1.807) is 12.3 Å². The van der Waals surface area contributed by atoms with Crippen LogP contribution in [0, 0.1) is 5.92 Å². The Bertz CT molecular complexity index is 447. The lowest BCUT2D eigenvalue weighted by Crippen LogP contribution is -2.25.